The molecule has 0 atom stereocenters. The van der Waals surface area contributed by atoms with Gasteiger partial charge in [-0.2, -0.15) is 0 Å². The van der Waals surface area contributed by atoms with E-state index in [2.05, 4.69) is 21.1 Å². The fourth-order valence-corrected chi connectivity index (χ4v) is 0.300. The number of likely N-dealkylation sites (N-methyl/N-ethyl adjacent to an activating group) is 1. The minimum atomic E-state index is 0.281. The van der Waals surface area contributed by atoms with E-state index in [9.17, 15) is 0 Å². The number of nitrogens with zero attached hydrogens (tertiary/aromatic N) is 1. The second-order valence-electron chi connectivity index (χ2n) is 2.81. The van der Waals surface area contributed by atoms with Crippen LogP contribution in [-0.4, -0.2) is 43.9 Å². The molecule has 5 nitrogen and oxygen atoms in total. The van der Waals surface area contributed by atoms with E-state index in [1.807, 2.05) is 0 Å². The first-order valence-corrected chi connectivity index (χ1v) is 2.81. The maximum Gasteiger partial charge on any atom is 0.154 e. The minimum absolute atomic E-state index is 0.281. The Morgan fingerprint density at radius 3 is 1.80 bits per heavy atom. The van der Waals surface area contributed by atoms with Crippen LogP contribution in [0.15, 0.2) is 0 Å². The van der Waals surface area contributed by atoms with E-state index in [1.54, 1.807) is 4.75 Å². The van der Waals surface area contributed by atoms with Crippen LogP contribution in [0.3, 0.4) is 0 Å². The zero-order valence-corrected chi connectivity index (χ0v) is 6.53. The molecular weight excluding hydrogens is 138 g/mol. The summed E-state index contributed by atoms with van der Waals surface area (Å²) in [6.07, 6.45) is 0. The van der Waals surface area contributed by atoms with Crippen LogP contribution in [0.25, 0.3) is 0 Å². The quantitative estimate of drug-likeness (QED) is 0.228. The summed E-state index contributed by atoms with van der Waals surface area (Å²) in [5.74, 6) is 0. The molecule has 0 aromatic carbocycles. The zero-order chi connectivity index (χ0) is 8.62. The summed E-state index contributed by atoms with van der Waals surface area (Å²) in [6, 6.07) is 0. The number of hydrogen-bond donors (Lipinski definition) is 1. The van der Waals surface area contributed by atoms with Crippen molar-refractivity contribution in [1.82, 2.24) is 0 Å². The number of aliphatic hydroxyl groups excluding tert-OH is 1. The summed E-state index contributed by atoms with van der Waals surface area (Å²) in [4.78, 5) is 7.88. The Bertz CT molecular complexity index is 78.2. The second-order valence-corrected chi connectivity index (χ2v) is 2.81. The molecule has 62 valence electrons. The third-order valence-electron chi connectivity index (χ3n) is 0.771. The van der Waals surface area contributed by atoms with Gasteiger partial charge in [-0.1, -0.05) is 10.2 Å². The standard InChI is InChI=1S/C5H14NO.O3/c1-6(2,3)4-5-7;1-3-2/h7H,4-5H2,1-3H3;/q+1;. The first-order valence-electron chi connectivity index (χ1n) is 2.81. The molecule has 0 unspecified atom stereocenters. The highest BCUT2D eigenvalue weighted by molar-refractivity contribution is 4.20. The topological polar surface area (TPSA) is 71.7 Å². The molecule has 0 rings (SSSR count). The first kappa shape index (κ1) is 12.0. The first-order chi connectivity index (χ1) is 4.47. The van der Waals surface area contributed by atoms with Crippen LogP contribution in [0.4, 0.5) is 0 Å². The van der Waals surface area contributed by atoms with Gasteiger partial charge in [0.2, 0.25) is 0 Å². The fourth-order valence-electron chi connectivity index (χ4n) is 0.300. The lowest BCUT2D eigenvalue weighted by Crippen LogP contribution is -2.36. The molecule has 0 fully saturated rings. The Morgan fingerprint density at radius 2 is 1.80 bits per heavy atom. The third-order valence-corrected chi connectivity index (χ3v) is 0.771. The van der Waals surface area contributed by atoms with E-state index in [0.29, 0.717) is 0 Å². The zero-order valence-electron chi connectivity index (χ0n) is 6.53. The van der Waals surface area contributed by atoms with E-state index < -0.39 is 0 Å². The molecule has 0 saturated heterocycles. The van der Waals surface area contributed by atoms with E-state index in [4.69, 9.17) is 15.3 Å². The normalized spacial score (nSPS) is 9.60. The summed E-state index contributed by atoms with van der Waals surface area (Å²) < 4.78 is 2.59. The maximum atomic E-state index is 8.39. The Hall–Kier alpha value is -0.680. The molecule has 0 saturated carbocycles. The molecule has 0 heterocycles. The Morgan fingerprint density at radius 1 is 1.50 bits per heavy atom. The lowest BCUT2D eigenvalue weighted by Gasteiger charge is -2.21. The molecule has 1 N–H and O–H groups in total. The molecule has 0 bridgehead atoms. The van der Waals surface area contributed by atoms with Crippen molar-refractivity contribution in [1.29, 1.82) is 0 Å². The Balaban J connectivity index is 0. The summed E-state index contributed by atoms with van der Waals surface area (Å²) >= 11 is 0. The van der Waals surface area contributed by atoms with Gasteiger partial charge in [0.05, 0.1) is 27.7 Å². The summed E-state index contributed by atoms with van der Waals surface area (Å²) in [6.45, 7) is 1.11. The largest absolute Gasteiger partial charge is 0.391 e. The SMILES string of the molecule is C[N+](C)(C)CCO.O=[O+][O-]. The molecule has 0 amide bonds. The molecule has 5 heteroatoms. The highest BCUT2D eigenvalue weighted by Crippen LogP contribution is 1.84. The minimum Gasteiger partial charge on any atom is -0.391 e. The van der Waals surface area contributed by atoms with Crippen molar-refractivity contribution >= 4 is 0 Å². The van der Waals surface area contributed by atoms with Gasteiger partial charge in [0, 0.05) is 0 Å². The van der Waals surface area contributed by atoms with Crippen molar-refractivity contribution in [3.8, 4) is 0 Å². The molecule has 10 heavy (non-hydrogen) atoms. The van der Waals surface area contributed by atoms with Crippen molar-refractivity contribution in [3.63, 3.8) is 0 Å². The lowest BCUT2D eigenvalue weighted by atomic mass is 10.5. The van der Waals surface area contributed by atoms with Crippen molar-refractivity contribution in [2.75, 3.05) is 34.3 Å². The van der Waals surface area contributed by atoms with Gasteiger partial charge in [-0.05, 0) is 0 Å². The van der Waals surface area contributed by atoms with Crippen LogP contribution in [0.1, 0.15) is 0 Å². The summed E-state index contributed by atoms with van der Waals surface area (Å²) in [5, 5.41) is 16.3. The molecule has 0 aromatic heterocycles. The van der Waals surface area contributed by atoms with Gasteiger partial charge in [-0.25, -0.2) is 0 Å². The lowest BCUT2D eigenvalue weighted by molar-refractivity contribution is -0.870. The number of aliphatic hydroxyl groups is 1. The van der Waals surface area contributed by atoms with Crippen molar-refractivity contribution < 1.29 is 14.8 Å². The van der Waals surface area contributed by atoms with E-state index in [0.717, 1.165) is 11.0 Å². The molecule has 0 aromatic rings. The highest BCUT2D eigenvalue weighted by Gasteiger charge is 2.02. The third kappa shape index (κ3) is 26.5. The van der Waals surface area contributed by atoms with Crippen molar-refractivity contribution in [2.24, 2.45) is 0 Å². The van der Waals surface area contributed by atoms with Gasteiger partial charge in [0.25, 0.3) is 0 Å². The van der Waals surface area contributed by atoms with Crippen LogP contribution in [0, 0.1) is 9.71 Å². The van der Waals surface area contributed by atoms with Gasteiger partial charge in [-0.15, -0.1) is 0 Å². The maximum absolute atomic E-state index is 8.39. The Kier molecular flexibility index (Phi) is 7.75. The van der Waals surface area contributed by atoms with Crippen molar-refractivity contribution in [3.05, 3.63) is 9.71 Å². The molecular formula is C5H14NO4+. The average molecular weight is 152 g/mol. The predicted molar refractivity (Wildman–Crippen MR) is 36.7 cm³/mol. The van der Waals surface area contributed by atoms with Crippen molar-refractivity contribution in [2.45, 2.75) is 0 Å². The molecule has 0 aliphatic carbocycles. The monoisotopic (exact) mass is 152 g/mol. The Labute approximate surface area is 59.9 Å². The smallest absolute Gasteiger partial charge is 0.154 e. The molecule has 0 radical (unpaired) electrons. The van der Waals surface area contributed by atoms with Gasteiger partial charge in [0.15, 0.2) is 4.75 Å². The van der Waals surface area contributed by atoms with E-state index in [1.165, 1.54) is 0 Å². The number of rotatable bonds is 2. The fraction of sp³-hybridized carbons (Fsp3) is 1.00. The van der Waals surface area contributed by atoms with Crippen LogP contribution < -0.4 is 5.26 Å². The van der Waals surface area contributed by atoms with Gasteiger partial charge >= 0.3 is 0 Å². The van der Waals surface area contributed by atoms with Gasteiger partial charge in [-0.3, -0.25) is 0 Å². The highest BCUT2D eigenvalue weighted by atomic mass is 17.2. The number of hydrogen-bond acceptors (Lipinski definition) is 3. The van der Waals surface area contributed by atoms with E-state index in [-0.39, 0.29) is 6.61 Å². The number of quaternary nitrogens is 1. The van der Waals surface area contributed by atoms with Crippen LogP contribution in [0.5, 0.6) is 0 Å². The van der Waals surface area contributed by atoms with Crippen LogP contribution >= 0.6 is 0 Å². The molecule has 0 spiro atoms. The van der Waals surface area contributed by atoms with Crippen LogP contribution in [0.2, 0.25) is 0 Å². The molecule has 0 aliphatic heterocycles. The molecule has 0 aliphatic rings. The predicted octanol–water partition coefficient (Wildman–Crippen LogP) is -1.44. The summed E-state index contributed by atoms with van der Waals surface area (Å²) in [7, 11) is 6.16. The van der Waals surface area contributed by atoms with E-state index >= 15 is 0 Å². The second kappa shape index (κ2) is 6.44. The van der Waals surface area contributed by atoms with Gasteiger partial charge in [0.1, 0.15) is 6.54 Å². The summed E-state index contributed by atoms with van der Waals surface area (Å²) in [5.41, 5.74) is 0. The van der Waals surface area contributed by atoms with Gasteiger partial charge < -0.3 is 9.59 Å². The van der Waals surface area contributed by atoms with Crippen LogP contribution in [-0.2, 0) is 0 Å². The average Bonchev–Trinajstić information content (AvgIpc) is 1.63.